The molecule has 3 aromatic carbocycles. The van der Waals surface area contributed by atoms with Gasteiger partial charge in [0, 0.05) is 17.8 Å². The number of hydrogen-bond acceptors (Lipinski definition) is 2. The van der Waals surface area contributed by atoms with Crippen molar-refractivity contribution in [1.29, 1.82) is 0 Å². The van der Waals surface area contributed by atoms with Crippen molar-refractivity contribution < 1.29 is 9.59 Å². The molecule has 4 rings (SSSR count). The van der Waals surface area contributed by atoms with Crippen molar-refractivity contribution in [3.05, 3.63) is 102 Å². The highest BCUT2D eigenvalue weighted by molar-refractivity contribution is 6.04. The molecule has 0 radical (unpaired) electrons. The van der Waals surface area contributed by atoms with Gasteiger partial charge in [-0.15, -0.1) is 0 Å². The smallest absolute Gasteiger partial charge is 0.255 e. The van der Waals surface area contributed by atoms with Crippen molar-refractivity contribution in [3.8, 4) is 0 Å². The Labute approximate surface area is 171 Å². The quantitative estimate of drug-likeness (QED) is 0.637. The Morgan fingerprint density at radius 3 is 2.03 bits per heavy atom. The van der Waals surface area contributed by atoms with Gasteiger partial charge in [-0.25, -0.2) is 0 Å². The number of hydrogen-bond donors (Lipinski definition) is 2. The van der Waals surface area contributed by atoms with Crippen molar-refractivity contribution in [2.45, 2.75) is 24.7 Å². The summed E-state index contributed by atoms with van der Waals surface area (Å²) in [6.45, 7) is 0.635. The zero-order valence-electron chi connectivity index (χ0n) is 16.2. The first-order valence-corrected chi connectivity index (χ1v) is 9.97. The van der Waals surface area contributed by atoms with Crippen molar-refractivity contribution in [2.75, 3.05) is 11.9 Å². The van der Waals surface area contributed by atoms with Crippen LogP contribution in [0.3, 0.4) is 0 Å². The van der Waals surface area contributed by atoms with Gasteiger partial charge < -0.3 is 10.6 Å². The van der Waals surface area contributed by atoms with Crippen LogP contribution < -0.4 is 10.6 Å². The lowest BCUT2D eigenvalue weighted by atomic mass is 9.94. The number of rotatable bonds is 7. The summed E-state index contributed by atoms with van der Waals surface area (Å²) in [6.07, 6.45) is 2.55. The zero-order valence-corrected chi connectivity index (χ0v) is 16.2. The predicted molar refractivity (Wildman–Crippen MR) is 115 cm³/mol. The molecule has 0 saturated heterocycles. The fourth-order valence-corrected chi connectivity index (χ4v) is 3.57. The molecule has 4 nitrogen and oxygen atoms in total. The van der Waals surface area contributed by atoms with Crippen LogP contribution in [0.25, 0.3) is 0 Å². The highest BCUT2D eigenvalue weighted by Gasteiger charge is 2.50. The molecule has 3 aromatic rings. The SMILES string of the molecule is O=C(Nc1ccc(C2(C(=O)NCCc3ccccc3)CC2)cc1)c1ccccc1. The van der Waals surface area contributed by atoms with E-state index >= 15 is 0 Å². The van der Waals surface area contributed by atoms with Crippen LogP contribution in [0.5, 0.6) is 0 Å². The van der Waals surface area contributed by atoms with Gasteiger partial charge in [0.1, 0.15) is 0 Å². The second kappa shape index (κ2) is 8.31. The van der Waals surface area contributed by atoms with Gasteiger partial charge in [-0.1, -0.05) is 60.7 Å². The Hall–Kier alpha value is -3.40. The summed E-state index contributed by atoms with van der Waals surface area (Å²) in [5.74, 6) is -0.0485. The molecular formula is C25H24N2O2. The van der Waals surface area contributed by atoms with Crippen LogP contribution in [0.1, 0.15) is 34.3 Å². The van der Waals surface area contributed by atoms with E-state index in [1.54, 1.807) is 12.1 Å². The van der Waals surface area contributed by atoms with Crippen LogP contribution in [0.4, 0.5) is 5.69 Å². The number of carbonyl (C=O) groups is 2. The van der Waals surface area contributed by atoms with Gasteiger partial charge in [0.2, 0.25) is 5.91 Å². The maximum atomic E-state index is 12.8. The van der Waals surface area contributed by atoms with Gasteiger partial charge in [0.25, 0.3) is 5.91 Å². The lowest BCUT2D eigenvalue weighted by Crippen LogP contribution is -2.35. The van der Waals surface area contributed by atoms with Gasteiger partial charge in [-0.3, -0.25) is 9.59 Å². The number of amides is 2. The molecule has 1 fully saturated rings. The first-order valence-electron chi connectivity index (χ1n) is 9.97. The fraction of sp³-hybridized carbons (Fsp3) is 0.200. The van der Waals surface area contributed by atoms with E-state index in [1.165, 1.54) is 5.56 Å². The summed E-state index contributed by atoms with van der Waals surface area (Å²) in [7, 11) is 0. The van der Waals surface area contributed by atoms with Crippen LogP contribution in [0.2, 0.25) is 0 Å². The second-order valence-corrected chi connectivity index (χ2v) is 7.47. The molecule has 146 valence electrons. The molecule has 1 aliphatic rings. The van der Waals surface area contributed by atoms with Crippen molar-refractivity contribution in [3.63, 3.8) is 0 Å². The van der Waals surface area contributed by atoms with Crippen molar-refractivity contribution >= 4 is 17.5 Å². The first kappa shape index (κ1) is 18.9. The van der Waals surface area contributed by atoms with Crippen LogP contribution >= 0.6 is 0 Å². The normalized spacial score (nSPS) is 14.1. The molecule has 1 saturated carbocycles. The minimum Gasteiger partial charge on any atom is -0.355 e. The van der Waals surface area contributed by atoms with Crippen LogP contribution in [0, 0.1) is 0 Å². The molecule has 0 spiro atoms. The van der Waals surface area contributed by atoms with E-state index in [2.05, 4.69) is 22.8 Å². The average molecular weight is 384 g/mol. The Bertz CT molecular complexity index is 978. The number of benzene rings is 3. The largest absolute Gasteiger partial charge is 0.355 e. The van der Waals surface area contributed by atoms with Crippen molar-refractivity contribution in [2.24, 2.45) is 0 Å². The number of anilines is 1. The minimum absolute atomic E-state index is 0.0921. The molecule has 0 unspecified atom stereocenters. The third-order valence-corrected chi connectivity index (χ3v) is 5.46. The molecular weight excluding hydrogens is 360 g/mol. The van der Waals surface area contributed by atoms with Gasteiger partial charge in [0.05, 0.1) is 5.41 Å². The van der Waals surface area contributed by atoms with E-state index in [4.69, 9.17) is 0 Å². The molecule has 0 heterocycles. The average Bonchev–Trinajstić information content (AvgIpc) is 3.58. The van der Waals surface area contributed by atoms with Gasteiger partial charge in [-0.05, 0) is 54.7 Å². The van der Waals surface area contributed by atoms with Crippen LogP contribution in [-0.4, -0.2) is 18.4 Å². The first-order chi connectivity index (χ1) is 14.2. The zero-order chi connectivity index (χ0) is 20.1. The molecule has 2 N–H and O–H groups in total. The number of nitrogens with one attached hydrogen (secondary N) is 2. The molecule has 0 aliphatic heterocycles. The second-order valence-electron chi connectivity index (χ2n) is 7.47. The van der Waals surface area contributed by atoms with Gasteiger partial charge in [0.15, 0.2) is 0 Å². The Morgan fingerprint density at radius 2 is 1.41 bits per heavy atom. The molecule has 1 aliphatic carbocycles. The molecule has 29 heavy (non-hydrogen) atoms. The Morgan fingerprint density at radius 1 is 0.793 bits per heavy atom. The maximum Gasteiger partial charge on any atom is 0.255 e. The van der Waals surface area contributed by atoms with E-state index in [0.717, 1.165) is 30.5 Å². The summed E-state index contributed by atoms with van der Waals surface area (Å²) in [5, 5.41) is 5.99. The summed E-state index contributed by atoms with van der Waals surface area (Å²) < 4.78 is 0. The Kier molecular flexibility index (Phi) is 5.43. The van der Waals surface area contributed by atoms with E-state index in [9.17, 15) is 9.59 Å². The molecule has 0 bridgehead atoms. The van der Waals surface area contributed by atoms with Crippen LogP contribution in [0.15, 0.2) is 84.9 Å². The fourth-order valence-electron chi connectivity index (χ4n) is 3.57. The Balaban J connectivity index is 1.35. The van der Waals surface area contributed by atoms with E-state index in [0.29, 0.717) is 12.1 Å². The molecule has 0 atom stereocenters. The van der Waals surface area contributed by atoms with E-state index < -0.39 is 5.41 Å². The highest BCUT2D eigenvalue weighted by atomic mass is 16.2. The molecule has 4 heteroatoms. The maximum absolute atomic E-state index is 12.8. The van der Waals surface area contributed by atoms with E-state index in [1.807, 2.05) is 60.7 Å². The third kappa shape index (κ3) is 4.37. The monoisotopic (exact) mass is 384 g/mol. The summed E-state index contributed by atoms with van der Waals surface area (Å²) in [4.78, 5) is 25.1. The molecule has 0 aromatic heterocycles. The standard InChI is InChI=1S/C25H24N2O2/c28-23(20-9-5-2-6-10-20)27-22-13-11-21(12-14-22)25(16-17-25)24(29)26-18-15-19-7-3-1-4-8-19/h1-14H,15-18H2,(H,26,29)(H,27,28). The topological polar surface area (TPSA) is 58.2 Å². The molecule has 2 amide bonds. The lowest BCUT2D eigenvalue weighted by Gasteiger charge is -2.16. The number of carbonyl (C=O) groups excluding carboxylic acids is 2. The lowest BCUT2D eigenvalue weighted by molar-refractivity contribution is -0.123. The highest BCUT2D eigenvalue weighted by Crippen LogP contribution is 2.48. The van der Waals surface area contributed by atoms with Crippen molar-refractivity contribution in [1.82, 2.24) is 5.32 Å². The van der Waals surface area contributed by atoms with Gasteiger partial charge >= 0.3 is 0 Å². The van der Waals surface area contributed by atoms with Gasteiger partial charge in [-0.2, -0.15) is 0 Å². The van der Waals surface area contributed by atoms with Crippen LogP contribution in [-0.2, 0) is 16.6 Å². The predicted octanol–water partition coefficient (Wildman–Crippen LogP) is 4.33. The summed E-state index contributed by atoms with van der Waals surface area (Å²) in [6, 6.07) is 26.9. The minimum atomic E-state index is -0.418. The summed E-state index contributed by atoms with van der Waals surface area (Å²) in [5.41, 5.74) is 3.15. The summed E-state index contributed by atoms with van der Waals surface area (Å²) >= 11 is 0. The van der Waals surface area contributed by atoms with E-state index in [-0.39, 0.29) is 11.8 Å². The third-order valence-electron chi connectivity index (χ3n) is 5.46.